The van der Waals surface area contributed by atoms with Gasteiger partial charge in [0.2, 0.25) is 0 Å². The number of allylic oxidation sites excluding steroid dienone is 1. The van der Waals surface area contributed by atoms with Crippen LogP contribution in [0.4, 0.5) is 4.39 Å². The molecule has 80 valence electrons. The lowest BCUT2D eigenvalue weighted by Crippen LogP contribution is -2.13. The zero-order valence-electron chi connectivity index (χ0n) is 8.96. The van der Waals surface area contributed by atoms with Gasteiger partial charge in [0.15, 0.2) is 0 Å². The predicted octanol–water partition coefficient (Wildman–Crippen LogP) is 3.24. The van der Waals surface area contributed by atoms with Gasteiger partial charge in [-0.3, -0.25) is 0 Å². The van der Waals surface area contributed by atoms with Crippen LogP contribution < -0.4 is 5.73 Å². The van der Waals surface area contributed by atoms with Gasteiger partial charge in [-0.05, 0) is 49.4 Å². The van der Waals surface area contributed by atoms with E-state index in [1.54, 1.807) is 12.1 Å². The van der Waals surface area contributed by atoms with Crippen molar-refractivity contribution in [1.82, 2.24) is 0 Å². The molecule has 1 aromatic rings. The molecule has 0 heterocycles. The van der Waals surface area contributed by atoms with E-state index in [1.807, 2.05) is 6.92 Å². The molecule has 0 spiro atoms. The average molecular weight is 205 g/mol. The highest BCUT2D eigenvalue weighted by atomic mass is 19.1. The largest absolute Gasteiger partial charge is 0.321 e. The van der Waals surface area contributed by atoms with E-state index in [0.717, 1.165) is 24.0 Å². The van der Waals surface area contributed by atoms with Gasteiger partial charge in [-0.2, -0.15) is 0 Å². The molecule has 2 N–H and O–H groups in total. The van der Waals surface area contributed by atoms with Crippen LogP contribution in [0.15, 0.2) is 29.8 Å². The fourth-order valence-electron chi connectivity index (χ4n) is 2.12. The van der Waals surface area contributed by atoms with E-state index in [-0.39, 0.29) is 11.9 Å². The van der Waals surface area contributed by atoms with Crippen molar-refractivity contribution in [1.29, 1.82) is 0 Å². The molecule has 1 aliphatic carbocycles. The Labute approximate surface area is 89.8 Å². The molecule has 0 radical (unpaired) electrons. The number of hydrogen-bond acceptors (Lipinski definition) is 1. The van der Waals surface area contributed by atoms with Crippen LogP contribution in [-0.2, 0) is 0 Å². The van der Waals surface area contributed by atoms with E-state index < -0.39 is 0 Å². The van der Waals surface area contributed by atoms with Crippen molar-refractivity contribution < 1.29 is 4.39 Å². The van der Waals surface area contributed by atoms with Crippen molar-refractivity contribution in [2.24, 2.45) is 5.73 Å². The highest BCUT2D eigenvalue weighted by Gasteiger charge is 2.16. The van der Waals surface area contributed by atoms with Gasteiger partial charge in [0.05, 0.1) is 6.04 Å². The average Bonchev–Trinajstić information content (AvgIpc) is 2.74. The first kappa shape index (κ1) is 10.4. The van der Waals surface area contributed by atoms with Crippen LogP contribution >= 0.6 is 0 Å². The molecule has 2 rings (SSSR count). The van der Waals surface area contributed by atoms with Crippen LogP contribution in [0, 0.1) is 12.7 Å². The molecule has 1 atom stereocenters. The summed E-state index contributed by atoms with van der Waals surface area (Å²) in [5, 5.41) is 0. The van der Waals surface area contributed by atoms with E-state index in [1.165, 1.54) is 18.1 Å². The van der Waals surface area contributed by atoms with E-state index >= 15 is 0 Å². The number of hydrogen-bond donors (Lipinski definition) is 1. The number of rotatable bonds is 2. The SMILES string of the molecule is Cc1ccc(F)cc1C(N)C1=CCCC1. The van der Waals surface area contributed by atoms with Crippen molar-refractivity contribution >= 4 is 0 Å². The Kier molecular flexibility index (Phi) is 2.87. The fraction of sp³-hybridized carbons (Fsp3) is 0.385. The van der Waals surface area contributed by atoms with Crippen LogP contribution in [0.2, 0.25) is 0 Å². The number of nitrogens with two attached hydrogens (primary N) is 1. The lowest BCUT2D eigenvalue weighted by molar-refractivity contribution is 0.621. The lowest BCUT2D eigenvalue weighted by Gasteiger charge is -2.16. The summed E-state index contributed by atoms with van der Waals surface area (Å²) in [6.45, 7) is 1.98. The smallest absolute Gasteiger partial charge is 0.123 e. The molecular formula is C13H16FN. The molecule has 0 fully saturated rings. The molecule has 0 aromatic heterocycles. The third kappa shape index (κ3) is 2.10. The van der Waals surface area contributed by atoms with Crippen LogP contribution in [0.3, 0.4) is 0 Å². The van der Waals surface area contributed by atoms with Gasteiger partial charge in [0.25, 0.3) is 0 Å². The lowest BCUT2D eigenvalue weighted by atomic mass is 9.95. The van der Waals surface area contributed by atoms with E-state index in [0.29, 0.717) is 0 Å². The van der Waals surface area contributed by atoms with Gasteiger partial charge >= 0.3 is 0 Å². The molecule has 0 saturated carbocycles. The number of benzene rings is 1. The monoisotopic (exact) mass is 205 g/mol. The standard InChI is InChI=1S/C13H16FN/c1-9-6-7-11(14)8-12(9)13(15)10-4-2-3-5-10/h4,6-8,13H,2-3,5,15H2,1H3. The minimum Gasteiger partial charge on any atom is -0.321 e. The molecule has 0 saturated heterocycles. The molecule has 2 heteroatoms. The molecule has 15 heavy (non-hydrogen) atoms. The Morgan fingerprint density at radius 1 is 1.40 bits per heavy atom. The quantitative estimate of drug-likeness (QED) is 0.737. The number of halogens is 1. The Hall–Kier alpha value is -1.15. The van der Waals surface area contributed by atoms with Crippen molar-refractivity contribution in [3.63, 3.8) is 0 Å². The Morgan fingerprint density at radius 3 is 2.87 bits per heavy atom. The van der Waals surface area contributed by atoms with Gasteiger partial charge in [-0.25, -0.2) is 4.39 Å². The first-order chi connectivity index (χ1) is 7.18. The second kappa shape index (κ2) is 4.15. The van der Waals surface area contributed by atoms with Gasteiger partial charge in [-0.1, -0.05) is 17.7 Å². The zero-order chi connectivity index (χ0) is 10.8. The van der Waals surface area contributed by atoms with E-state index in [9.17, 15) is 4.39 Å². The van der Waals surface area contributed by atoms with Crippen molar-refractivity contribution in [2.45, 2.75) is 32.2 Å². The molecule has 0 amide bonds. The van der Waals surface area contributed by atoms with Gasteiger partial charge < -0.3 is 5.73 Å². The van der Waals surface area contributed by atoms with E-state index in [2.05, 4.69) is 6.08 Å². The van der Waals surface area contributed by atoms with Crippen molar-refractivity contribution in [3.05, 3.63) is 46.8 Å². The highest BCUT2D eigenvalue weighted by Crippen LogP contribution is 2.30. The molecule has 0 aliphatic heterocycles. The van der Waals surface area contributed by atoms with Crippen LogP contribution in [0.5, 0.6) is 0 Å². The third-order valence-corrected chi connectivity index (χ3v) is 3.05. The second-order valence-electron chi connectivity index (χ2n) is 4.15. The summed E-state index contributed by atoms with van der Waals surface area (Å²) in [6.07, 6.45) is 5.53. The first-order valence-electron chi connectivity index (χ1n) is 5.39. The maximum atomic E-state index is 13.1. The zero-order valence-corrected chi connectivity index (χ0v) is 8.96. The summed E-state index contributed by atoms with van der Waals surface area (Å²) in [7, 11) is 0. The molecule has 0 bridgehead atoms. The summed E-state index contributed by atoms with van der Waals surface area (Å²) >= 11 is 0. The highest BCUT2D eigenvalue weighted by molar-refractivity contribution is 5.35. The minimum atomic E-state index is -0.204. The molecular weight excluding hydrogens is 189 g/mol. The summed E-state index contributed by atoms with van der Waals surface area (Å²) in [4.78, 5) is 0. The molecule has 1 aliphatic rings. The van der Waals surface area contributed by atoms with Crippen LogP contribution in [0.25, 0.3) is 0 Å². The topological polar surface area (TPSA) is 26.0 Å². The van der Waals surface area contributed by atoms with Gasteiger partial charge in [-0.15, -0.1) is 0 Å². The normalized spacial score (nSPS) is 17.7. The molecule has 1 nitrogen and oxygen atoms in total. The minimum absolute atomic E-state index is 0.122. The third-order valence-electron chi connectivity index (χ3n) is 3.05. The maximum Gasteiger partial charge on any atom is 0.123 e. The second-order valence-corrected chi connectivity index (χ2v) is 4.15. The first-order valence-corrected chi connectivity index (χ1v) is 5.39. The Balaban J connectivity index is 2.31. The van der Waals surface area contributed by atoms with Crippen LogP contribution in [0.1, 0.15) is 36.4 Å². The van der Waals surface area contributed by atoms with Crippen molar-refractivity contribution in [3.8, 4) is 0 Å². The number of aryl methyl sites for hydroxylation is 1. The molecule has 1 aromatic carbocycles. The summed E-state index contributed by atoms with van der Waals surface area (Å²) in [5.74, 6) is -0.204. The van der Waals surface area contributed by atoms with Crippen molar-refractivity contribution in [2.75, 3.05) is 0 Å². The Bertz CT molecular complexity index is 396. The van der Waals surface area contributed by atoms with Crippen LogP contribution in [-0.4, -0.2) is 0 Å². The Morgan fingerprint density at radius 2 is 2.20 bits per heavy atom. The molecule has 1 unspecified atom stereocenters. The summed E-state index contributed by atoms with van der Waals surface area (Å²) in [5.41, 5.74) is 9.37. The fourth-order valence-corrected chi connectivity index (χ4v) is 2.12. The maximum absolute atomic E-state index is 13.1. The predicted molar refractivity (Wildman–Crippen MR) is 60.0 cm³/mol. The van der Waals surface area contributed by atoms with Gasteiger partial charge in [0, 0.05) is 0 Å². The van der Waals surface area contributed by atoms with E-state index in [4.69, 9.17) is 5.73 Å². The summed E-state index contributed by atoms with van der Waals surface area (Å²) < 4.78 is 13.1. The summed E-state index contributed by atoms with van der Waals surface area (Å²) in [6, 6.07) is 4.71. The van der Waals surface area contributed by atoms with Gasteiger partial charge in [0.1, 0.15) is 5.82 Å².